The molecule has 1 saturated carbocycles. The lowest BCUT2D eigenvalue weighted by Gasteiger charge is -2.24. The van der Waals surface area contributed by atoms with Crippen molar-refractivity contribution in [3.63, 3.8) is 0 Å². The van der Waals surface area contributed by atoms with Crippen molar-refractivity contribution in [1.82, 2.24) is 0 Å². The zero-order chi connectivity index (χ0) is 9.19. The molecule has 0 bridgehead atoms. The first-order valence-electron chi connectivity index (χ1n) is 4.11. The van der Waals surface area contributed by atoms with Crippen molar-refractivity contribution in [1.29, 1.82) is 0 Å². The predicted octanol–water partition coefficient (Wildman–Crippen LogP) is 0.869. The van der Waals surface area contributed by atoms with Crippen LogP contribution in [0.1, 0.15) is 33.1 Å². The molecule has 1 fully saturated rings. The van der Waals surface area contributed by atoms with Crippen LogP contribution >= 0.6 is 0 Å². The van der Waals surface area contributed by atoms with Gasteiger partial charge in [-0.05, 0) is 25.7 Å². The SMILES string of the molecule is C.CS(=O)(=O)OC1CCC(N)CC1. The monoisotopic (exact) mass is 209 g/mol. The Morgan fingerprint density at radius 3 is 2.08 bits per heavy atom. The fraction of sp³-hybridized carbons (Fsp3) is 1.00. The van der Waals surface area contributed by atoms with E-state index in [1.165, 1.54) is 0 Å². The summed E-state index contributed by atoms with van der Waals surface area (Å²) in [4.78, 5) is 0. The minimum absolute atomic E-state index is 0. The maximum atomic E-state index is 10.7. The molecule has 0 spiro atoms. The minimum atomic E-state index is -3.28. The van der Waals surface area contributed by atoms with Gasteiger partial charge in [0.2, 0.25) is 0 Å². The van der Waals surface area contributed by atoms with Gasteiger partial charge in [0.1, 0.15) is 0 Å². The molecule has 0 saturated heterocycles. The number of rotatable bonds is 2. The summed E-state index contributed by atoms with van der Waals surface area (Å²) in [7, 11) is -3.28. The molecule has 0 unspecified atom stereocenters. The van der Waals surface area contributed by atoms with Crippen molar-refractivity contribution in [2.75, 3.05) is 6.26 Å². The molecular weight excluding hydrogens is 190 g/mol. The highest BCUT2D eigenvalue weighted by Gasteiger charge is 2.21. The normalized spacial score (nSPS) is 29.4. The third kappa shape index (κ3) is 5.23. The highest BCUT2D eigenvalue weighted by atomic mass is 32.2. The molecule has 2 N–H and O–H groups in total. The topological polar surface area (TPSA) is 69.4 Å². The van der Waals surface area contributed by atoms with Gasteiger partial charge in [0.25, 0.3) is 10.1 Å². The van der Waals surface area contributed by atoms with Gasteiger partial charge in [-0.3, -0.25) is 4.18 Å². The Morgan fingerprint density at radius 2 is 1.69 bits per heavy atom. The smallest absolute Gasteiger partial charge is 0.264 e. The van der Waals surface area contributed by atoms with E-state index in [0.717, 1.165) is 31.9 Å². The molecule has 4 nitrogen and oxygen atoms in total. The molecule has 0 aromatic carbocycles. The molecule has 0 heterocycles. The van der Waals surface area contributed by atoms with E-state index < -0.39 is 10.1 Å². The summed E-state index contributed by atoms with van der Waals surface area (Å²) in [5.41, 5.74) is 5.66. The second-order valence-electron chi connectivity index (χ2n) is 3.34. The van der Waals surface area contributed by atoms with Gasteiger partial charge in [0.15, 0.2) is 0 Å². The lowest BCUT2D eigenvalue weighted by molar-refractivity contribution is 0.155. The second kappa shape index (κ2) is 4.93. The van der Waals surface area contributed by atoms with Crippen LogP contribution < -0.4 is 5.73 Å². The summed E-state index contributed by atoms with van der Waals surface area (Å²) in [6.45, 7) is 0. The molecule has 0 aromatic heterocycles. The minimum Gasteiger partial charge on any atom is -0.328 e. The predicted molar refractivity (Wildman–Crippen MR) is 52.9 cm³/mol. The summed E-state index contributed by atoms with van der Waals surface area (Å²) in [5.74, 6) is 0. The zero-order valence-corrected chi connectivity index (χ0v) is 8.01. The zero-order valence-electron chi connectivity index (χ0n) is 7.19. The van der Waals surface area contributed by atoms with E-state index in [9.17, 15) is 8.42 Å². The number of nitrogens with two attached hydrogens (primary N) is 1. The van der Waals surface area contributed by atoms with E-state index in [-0.39, 0.29) is 19.6 Å². The molecule has 1 rings (SSSR count). The molecule has 0 amide bonds. The number of hydrogen-bond donors (Lipinski definition) is 1. The van der Waals surface area contributed by atoms with Crippen LogP contribution in [-0.2, 0) is 14.3 Å². The summed E-state index contributed by atoms with van der Waals surface area (Å²) in [6.07, 6.45) is 4.18. The first-order chi connectivity index (χ1) is 5.47. The third-order valence-corrected chi connectivity index (χ3v) is 2.65. The summed E-state index contributed by atoms with van der Waals surface area (Å²) in [6, 6.07) is 0.226. The molecule has 0 atom stereocenters. The Kier molecular flexibility index (Phi) is 4.88. The van der Waals surface area contributed by atoms with E-state index >= 15 is 0 Å². The fourth-order valence-electron chi connectivity index (χ4n) is 1.43. The molecule has 5 heteroatoms. The van der Waals surface area contributed by atoms with Crippen LogP contribution in [-0.4, -0.2) is 26.8 Å². The summed E-state index contributed by atoms with van der Waals surface area (Å²) in [5, 5.41) is 0. The number of hydrogen-bond acceptors (Lipinski definition) is 4. The van der Waals surface area contributed by atoms with Crippen molar-refractivity contribution >= 4 is 10.1 Å². The van der Waals surface area contributed by atoms with Crippen LogP contribution in [0.15, 0.2) is 0 Å². The first kappa shape index (κ1) is 12.9. The van der Waals surface area contributed by atoms with E-state index in [4.69, 9.17) is 9.92 Å². The van der Waals surface area contributed by atoms with E-state index in [2.05, 4.69) is 0 Å². The molecular formula is C8H19NO3S. The molecule has 1 aliphatic carbocycles. The molecule has 0 aliphatic heterocycles. The first-order valence-corrected chi connectivity index (χ1v) is 5.93. The molecule has 13 heavy (non-hydrogen) atoms. The molecule has 80 valence electrons. The Bertz CT molecular complexity index is 230. The maximum Gasteiger partial charge on any atom is 0.264 e. The van der Waals surface area contributed by atoms with E-state index in [1.807, 2.05) is 0 Å². The van der Waals surface area contributed by atoms with Crippen LogP contribution in [0, 0.1) is 0 Å². The van der Waals surface area contributed by atoms with E-state index in [0.29, 0.717) is 0 Å². The highest BCUT2D eigenvalue weighted by Crippen LogP contribution is 2.20. The van der Waals surface area contributed by atoms with Gasteiger partial charge in [-0.15, -0.1) is 0 Å². The van der Waals surface area contributed by atoms with Gasteiger partial charge in [0.05, 0.1) is 12.4 Å². The van der Waals surface area contributed by atoms with Gasteiger partial charge in [-0.25, -0.2) is 0 Å². The Labute approximate surface area is 80.6 Å². The standard InChI is InChI=1S/C7H15NO3S.CH4/c1-12(9,10)11-7-4-2-6(8)3-5-7;/h6-7H,2-5,8H2,1H3;1H4. The lowest BCUT2D eigenvalue weighted by Crippen LogP contribution is -2.31. The van der Waals surface area contributed by atoms with Crippen molar-refractivity contribution in [3.05, 3.63) is 0 Å². The largest absolute Gasteiger partial charge is 0.328 e. The van der Waals surface area contributed by atoms with Gasteiger partial charge >= 0.3 is 0 Å². The summed E-state index contributed by atoms with van der Waals surface area (Å²) >= 11 is 0. The van der Waals surface area contributed by atoms with Gasteiger partial charge < -0.3 is 5.73 Å². The van der Waals surface area contributed by atoms with Crippen molar-refractivity contribution in [2.45, 2.75) is 45.3 Å². The van der Waals surface area contributed by atoms with Gasteiger partial charge in [0, 0.05) is 6.04 Å². The average Bonchev–Trinajstić information content (AvgIpc) is 1.91. The van der Waals surface area contributed by atoms with Crippen LogP contribution in [0.25, 0.3) is 0 Å². The Hall–Kier alpha value is -0.130. The third-order valence-electron chi connectivity index (χ3n) is 2.03. The summed E-state index contributed by atoms with van der Waals surface area (Å²) < 4.78 is 26.3. The van der Waals surface area contributed by atoms with Crippen molar-refractivity contribution < 1.29 is 12.6 Å². The molecule has 0 radical (unpaired) electrons. The second-order valence-corrected chi connectivity index (χ2v) is 4.94. The highest BCUT2D eigenvalue weighted by molar-refractivity contribution is 7.86. The van der Waals surface area contributed by atoms with Crippen molar-refractivity contribution in [3.8, 4) is 0 Å². The maximum absolute atomic E-state index is 10.7. The molecule has 1 aliphatic rings. The van der Waals surface area contributed by atoms with Crippen LogP contribution in [0.3, 0.4) is 0 Å². The van der Waals surface area contributed by atoms with Crippen LogP contribution in [0.2, 0.25) is 0 Å². The lowest BCUT2D eigenvalue weighted by atomic mass is 9.94. The quantitative estimate of drug-likeness (QED) is 0.685. The van der Waals surface area contributed by atoms with E-state index in [1.54, 1.807) is 0 Å². The average molecular weight is 209 g/mol. The van der Waals surface area contributed by atoms with Crippen molar-refractivity contribution in [2.24, 2.45) is 5.73 Å². The van der Waals surface area contributed by atoms with Gasteiger partial charge in [-0.2, -0.15) is 8.42 Å². The molecule has 0 aromatic rings. The van der Waals surface area contributed by atoms with Crippen LogP contribution in [0.4, 0.5) is 0 Å². The van der Waals surface area contributed by atoms with Gasteiger partial charge in [-0.1, -0.05) is 7.43 Å². The Morgan fingerprint density at radius 1 is 1.23 bits per heavy atom. The fourth-order valence-corrected chi connectivity index (χ4v) is 2.12. The van der Waals surface area contributed by atoms with Crippen LogP contribution in [0.5, 0.6) is 0 Å². The Balaban J connectivity index is 0.00000144.